The smallest absolute Gasteiger partial charge is 0.411 e. The first-order chi connectivity index (χ1) is 14.2. The molecule has 0 spiro atoms. The van der Waals surface area contributed by atoms with E-state index in [0.29, 0.717) is 31.4 Å². The van der Waals surface area contributed by atoms with Gasteiger partial charge >= 0.3 is 12.1 Å². The normalized spacial score (nSPS) is 19.3. The van der Waals surface area contributed by atoms with Gasteiger partial charge in [0.15, 0.2) is 5.78 Å². The van der Waals surface area contributed by atoms with E-state index in [1.807, 2.05) is 0 Å². The number of hydrogen-bond donors (Lipinski definition) is 3. The number of hydrogen-bond acceptors (Lipinski definition) is 8. The minimum absolute atomic E-state index is 0.0433. The number of ketones is 1. The molecule has 30 heavy (non-hydrogen) atoms. The van der Waals surface area contributed by atoms with Crippen molar-refractivity contribution in [3.05, 3.63) is 39.9 Å². The first-order valence-electron chi connectivity index (χ1n) is 9.65. The minimum Gasteiger partial charge on any atom is -0.479 e. The van der Waals surface area contributed by atoms with Crippen molar-refractivity contribution in [1.82, 2.24) is 4.90 Å². The highest BCUT2D eigenvalue weighted by atomic mass is 16.6. The Morgan fingerprint density at radius 2 is 1.93 bits per heavy atom. The SMILES string of the molecule is NCCCCC(N)C(=O)C1(C(=O)O)CCCN1C(=O)OCc1ccc([N+](=O)[O-])cc1. The molecule has 2 atom stereocenters. The predicted molar refractivity (Wildman–Crippen MR) is 105 cm³/mol. The molecule has 0 aliphatic carbocycles. The number of carboxylic acid groups (broad SMARTS) is 1. The Balaban J connectivity index is 2.11. The quantitative estimate of drug-likeness (QED) is 0.216. The molecule has 1 aromatic carbocycles. The van der Waals surface area contributed by atoms with Crippen molar-refractivity contribution >= 4 is 23.5 Å². The van der Waals surface area contributed by atoms with Gasteiger partial charge in [0, 0.05) is 18.7 Å². The van der Waals surface area contributed by atoms with Crippen molar-refractivity contribution in [1.29, 1.82) is 0 Å². The van der Waals surface area contributed by atoms with Gasteiger partial charge in [0.2, 0.25) is 5.54 Å². The fourth-order valence-electron chi connectivity index (χ4n) is 3.53. The molecule has 164 valence electrons. The third kappa shape index (κ3) is 4.92. The van der Waals surface area contributed by atoms with Crippen LogP contribution in [0, 0.1) is 10.1 Å². The lowest BCUT2D eigenvalue weighted by Crippen LogP contribution is -2.62. The van der Waals surface area contributed by atoms with E-state index in [2.05, 4.69) is 0 Å². The Morgan fingerprint density at radius 1 is 1.27 bits per heavy atom. The average Bonchev–Trinajstić information content (AvgIpc) is 3.18. The number of non-ortho nitro benzene ring substituents is 1. The Labute approximate surface area is 173 Å². The summed E-state index contributed by atoms with van der Waals surface area (Å²) in [7, 11) is 0. The van der Waals surface area contributed by atoms with Crippen molar-refractivity contribution < 1.29 is 29.2 Å². The Bertz CT molecular complexity index is 799. The molecule has 2 unspecified atom stereocenters. The number of nitrogens with zero attached hydrogens (tertiary/aromatic N) is 2. The van der Waals surface area contributed by atoms with Crippen LogP contribution in [0.3, 0.4) is 0 Å². The molecule has 11 heteroatoms. The van der Waals surface area contributed by atoms with Gasteiger partial charge in [0.1, 0.15) is 6.61 Å². The largest absolute Gasteiger partial charge is 0.479 e. The number of nitro groups is 1. The van der Waals surface area contributed by atoms with Crippen LogP contribution < -0.4 is 11.5 Å². The first kappa shape index (κ1) is 23.2. The fraction of sp³-hybridized carbons (Fsp3) is 0.526. The van der Waals surface area contributed by atoms with Crippen molar-refractivity contribution in [2.45, 2.75) is 50.3 Å². The van der Waals surface area contributed by atoms with E-state index >= 15 is 0 Å². The number of Topliss-reactive ketones (excluding diaryl/α,β-unsaturated/α-hetero) is 1. The second-order valence-corrected chi connectivity index (χ2v) is 7.15. The van der Waals surface area contributed by atoms with E-state index in [4.69, 9.17) is 16.2 Å². The highest BCUT2D eigenvalue weighted by molar-refractivity contribution is 6.12. The zero-order valence-corrected chi connectivity index (χ0v) is 16.5. The second-order valence-electron chi connectivity index (χ2n) is 7.15. The Morgan fingerprint density at radius 3 is 2.50 bits per heavy atom. The maximum absolute atomic E-state index is 12.9. The minimum atomic E-state index is -2.06. The van der Waals surface area contributed by atoms with Crippen molar-refractivity contribution in [2.24, 2.45) is 11.5 Å². The molecule has 2 rings (SSSR count). The van der Waals surface area contributed by atoms with E-state index < -0.39 is 34.3 Å². The van der Waals surface area contributed by atoms with Gasteiger partial charge in [0.05, 0.1) is 11.0 Å². The number of likely N-dealkylation sites (tertiary alicyclic amines) is 1. The van der Waals surface area contributed by atoms with Gasteiger partial charge in [-0.15, -0.1) is 0 Å². The molecule has 1 amide bonds. The molecule has 1 aromatic rings. The van der Waals surface area contributed by atoms with Crippen LogP contribution >= 0.6 is 0 Å². The maximum Gasteiger partial charge on any atom is 0.411 e. The third-order valence-corrected chi connectivity index (χ3v) is 5.18. The standard InChI is InChI=1S/C19H26N4O7/c20-10-2-1-4-15(21)16(24)19(17(25)26)9-3-11-22(19)18(27)30-12-13-5-7-14(8-6-13)23(28)29/h5-8,15H,1-4,9-12,20-21H2,(H,25,26). The molecule has 0 saturated carbocycles. The molecule has 1 aliphatic heterocycles. The van der Waals surface area contributed by atoms with Gasteiger partial charge in [-0.25, -0.2) is 9.59 Å². The number of amides is 1. The highest BCUT2D eigenvalue weighted by Gasteiger charge is 2.57. The summed E-state index contributed by atoms with van der Waals surface area (Å²) in [6.45, 7) is 0.262. The summed E-state index contributed by atoms with van der Waals surface area (Å²) >= 11 is 0. The van der Waals surface area contributed by atoms with Crippen LogP contribution in [-0.4, -0.2) is 57.4 Å². The molecule has 11 nitrogen and oxygen atoms in total. The van der Waals surface area contributed by atoms with Crippen molar-refractivity contribution in [3.8, 4) is 0 Å². The highest BCUT2D eigenvalue weighted by Crippen LogP contribution is 2.33. The Kier molecular flexibility index (Phi) is 7.84. The fourth-order valence-corrected chi connectivity index (χ4v) is 3.53. The molecule has 0 bridgehead atoms. The number of carbonyl (C=O) groups is 3. The van der Waals surface area contributed by atoms with Crippen molar-refractivity contribution in [2.75, 3.05) is 13.1 Å². The topological polar surface area (TPSA) is 179 Å². The summed E-state index contributed by atoms with van der Waals surface area (Å²) in [5, 5.41) is 20.5. The molecular weight excluding hydrogens is 396 g/mol. The number of aliphatic carboxylic acids is 1. The summed E-state index contributed by atoms with van der Waals surface area (Å²) in [6.07, 6.45) is 0.830. The van der Waals surface area contributed by atoms with Crippen LogP contribution in [0.15, 0.2) is 24.3 Å². The third-order valence-electron chi connectivity index (χ3n) is 5.18. The number of nitro benzene ring substituents is 1. The molecule has 1 saturated heterocycles. The second kappa shape index (κ2) is 10.1. The van der Waals surface area contributed by atoms with Crippen LogP contribution in [0.25, 0.3) is 0 Å². The number of carbonyl (C=O) groups excluding carboxylic acids is 2. The zero-order chi connectivity index (χ0) is 22.3. The van der Waals surface area contributed by atoms with Gasteiger partial charge in [0.25, 0.3) is 5.69 Å². The van der Waals surface area contributed by atoms with Gasteiger partial charge in [-0.1, -0.05) is 6.42 Å². The lowest BCUT2D eigenvalue weighted by atomic mass is 9.85. The van der Waals surface area contributed by atoms with E-state index in [1.165, 1.54) is 24.3 Å². The predicted octanol–water partition coefficient (Wildman–Crippen LogP) is 1.18. The summed E-state index contributed by atoms with van der Waals surface area (Å²) in [5.41, 5.74) is 9.69. The van der Waals surface area contributed by atoms with Gasteiger partial charge in [-0.05, 0) is 49.9 Å². The lowest BCUT2D eigenvalue weighted by Gasteiger charge is -2.34. The molecule has 1 aliphatic rings. The van der Waals surface area contributed by atoms with Gasteiger partial charge in [-0.3, -0.25) is 19.8 Å². The number of rotatable bonds is 10. The van der Waals surface area contributed by atoms with E-state index in [1.54, 1.807) is 0 Å². The van der Waals surface area contributed by atoms with E-state index in [0.717, 1.165) is 4.90 Å². The number of ether oxygens (including phenoxy) is 1. The monoisotopic (exact) mass is 422 g/mol. The molecule has 5 N–H and O–H groups in total. The number of benzene rings is 1. The van der Waals surface area contributed by atoms with Crippen molar-refractivity contribution in [3.63, 3.8) is 0 Å². The zero-order valence-electron chi connectivity index (χ0n) is 16.5. The van der Waals surface area contributed by atoms with Crippen LogP contribution in [-0.2, 0) is 20.9 Å². The summed E-state index contributed by atoms with van der Waals surface area (Å²) in [5.74, 6) is -2.16. The number of nitrogens with two attached hydrogens (primary N) is 2. The molecule has 0 radical (unpaired) electrons. The average molecular weight is 422 g/mol. The summed E-state index contributed by atoms with van der Waals surface area (Å²) < 4.78 is 5.19. The molecule has 1 fully saturated rings. The van der Waals surface area contributed by atoms with Gasteiger partial charge < -0.3 is 21.3 Å². The maximum atomic E-state index is 12.9. The Hall–Kier alpha value is -3.05. The van der Waals surface area contributed by atoms with Crippen LogP contribution in [0.2, 0.25) is 0 Å². The van der Waals surface area contributed by atoms with E-state index in [-0.39, 0.29) is 31.7 Å². The van der Waals surface area contributed by atoms with E-state index in [9.17, 15) is 29.6 Å². The first-order valence-corrected chi connectivity index (χ1v) is 9.65. The summed E-state index contributed by atoms with van der Waals surface area (Å²) in [4.78, 5) is 48.7. The van der Waals surface area contributed by atoms with Gasteiger partial charge in [-0.2, -0.15) is 0 Å². The number of carboxylic acids is 1. The summed E-state index contributed by atoms with van der Waals surface area (Å²) in [6, 6.07) is 4.36. The molecule has 0 aromatic heterocycles. The number of unbranched alkanes of at least 4 members (excludes halogenated alkanes) is 1. The molecular formula is C19H26N4O7. The van der Waals surface area contributed by atoms with Crippen LogP contribution in [0.5, 0.6) is 0 Å². The lowest BCUT2D eigenvalue weighted by molar-refractivity contribution is -0.384. The molecule has 1 heterocycles. The van der Waals surface area contributed by atoms with Crippen LogP contribution in [0.4, 0.5) is 10.5 Å². The van der Waals surface area contributed by atoms with Crippen LogP contribution in [0.1, 0.15) is 37.7 Å².